The first-order valence-corrected chi connectivity index (χ1v) is 11.8. The lowest BCUT2D eigenvalue weighted by atomic mass is 9.76. The molecule has 2 N–H and O–H groups in total. The fraction of sp³-hybridized carbons (Fsp3) is 0.222. The SMILES string of the molecule is COc1ccc([N+](=O)[O-])cc1N1C(=O)[C@@H]2[C@H](Cc3ccccc3)N[C@]3(C(=O)Nc4ccccc43)[C@H]2C1=O. The number of rotatable bonds is 5. The second-order valence-electron chi connectivity index (χ2n) is 9.38. The van der Waals surface area contributed by atoms with E-state index in [9.17, 15) is 24.5 Å². The van der Waals surface area contributed by atoms with Gasteiger partial charge in [0.05, 0.1) is 23.9 Å². The topological polar surface area (TPSA) is 131 Å². The van der Waals surface area contributed by atoms with Crippen molar-refractivity contribution in [1.29, 1.82) is 0 Å². The first-order valence-electron chi connectivity index (χ1n) is 11.8. The molecule has 10 nitrogen and oxygen atoms in total. The van der Waals surface area contributed by atoms with Gasteiger partial charge in [0.15, 0.2) is 0 Å². The zero-order chi connectivity index (χ0) is 25.9. The maximum atomic E-state index is 14.1. The van der Waals surface area contributed by atoms with Crippen molar-refractivity contribution < 1.29 is 24.0 Å². The number of hydrogen-bond donors (Lipinski definition) is 2. The lowest BCUT2D eigenvalue weighted by molar-refractivity contribution is -0.384. The highest BCUT2D eigenvalue weighted by Gasteiger charge is 2.70. The van der Waals surface area contributed by atoms with E-state index in [-0.39, 0.29) is 17.1 Å². The average molecular weight is 498 g/mol. The van der Waals surface area contributed by atoms with Crippen molar-refractivity contribution >= 4 is 34.8 Å². The Balaban J connectivity index is 1.52. The first-order chi connectivity index (χ1) is 17.9. The van der Waals surface area contributed by atoms with E-state index < -0.39 is 46.1 Å². The molecule has 1 spiro atoms. The highest BCUT2D eigenvalue weighted by molar-refractivity contribution is 6.26. The minimum atomic E-state index is -1.46. The summed E-state index contributed by atoms with van der Waals surface area (Å²) in [6.45, 7) is 0. The highest BCUT2D eigenvalue weighted by Crippen LogP contribution is 2.54. The molecule has 0 bridgehead atoms. The number of amides is 3. The van der Waals surface area contributed by atoms with Gasteiger partial charge in [-0.15, -0.1) is 0 Å². The maximum absolute atomic E-state index is 14.1. The number of carbonyl (C=O) groups is 3. The van der Waals surface area contributed by atoms with Crippen molar-refractivity contribution in [3.8, 4) is 5.75 Å². The number of fused-ring (bicyclic) bond motifs is 4. The first kappa shape index (κ1) is 22.9. The molecule has 2 fully saturated rings. The van der Waals surface area contributed by atoms with Crippen molar-refractivity contribution in [1.82, 2.24) is 5.32 Å². The van der Waals surface area contributed by atoms with Crippen molar-refractivity contribution in [2.24, 2.45) is 11.8 Å². The largest absolute Gasteiger partial charge is 0.495 e. The zero-order valence-electron chi connectivity index (χ0n) is 19.7. The molecule has 37 heavy (non-hydrogen) atoms. The van der Waals surface area contributed by atoms with Crippen LogP contribution in [0.5, 0.6) is 5.75 Å². The second-order valence-corrected chi connectivity index (χ2v) is 9.38. The number of non-ortho nitro benzene ring substituents is 1. The van der Waals surface area contributed by atoms with Gasteiger partial charge in [-0.1, -0.05) is 48.5 Å². The van der Waals surface area contributed by atoms with Gasteiger partial charge in [-0.25, -0.2) is 4.90 Å². The Hall–Kier alpha value is -4.57. The standard InChI is InChI=1S/C27H22N4O6/c1-37-21-12-11-16(31(35)36)14-20(21)30-24(32)22-19(13-15-7-3-2-4-8-15)29-27(23(22)25(30)33)17-9-5-6-10-18(17)28-26(27)34/h2-12,14,19,22-23,29H,13H2,1H3,(H,28,34)/t19-,22+,23+,27-/m0/s1. The van der Waals surface area contributed by atoms with E-state index in [4.69, 9.17) is 4.74 Å². The number of hydrogen-bond acceptors (Lipinski definition) is 7. The molecule has 10 heteroatoms. The summed E-state index contributed by atoms with van der Waals surface area (Å²) in [4.78, 5) is 53.6. The van der Waals surface area contributed by atoms with Crippen LogP contribution in [0.3, 0.4) is 0 Å². The van der Waals surface area contributed by atoms with Gasteiger partial charge in [0.25, 0.3) is 5.69 Å². The van der Waals surface area contributed by atoms with Gasteiger partial charge in [0, 0.05) is 29.4 Å². The van der Waals surface area contributed by atoms with Crippen LogP contribution >= 0.6 is 0 Å². The number of ether oxygens (including phenoxy) is 1. The number of imide groups is 1. The van der Waals surface area contributed by atoms with Crippen LogP contribution in [0.4, 0.5) is 17.1 Å². The molecule has 2 saturated heterocycles. The molecule has 3 aromatic rings. The van der Waals surface area contributed by atoms with E-state index in [0.717, 1.165) is 16.5 Å². The number of nitrogens with one attached hydrogen (secondary N) is 2. The predicted molar refractivity (Wildman–Crippen MR) is 133 cm³/mol. The molecular weight excluding hydrogens is 476 g/mol. The van der Waals surface area contributed by atoms with Crippen molar-refractivity contribution in [3.05, 3.63) is 94.0 Å². The van der Waals surface area contributed by atoms with Gasteiger partial charge in [0.2, 0.25) is 17.7 Å². The molecule has 3 aliphatic heterocycles. The Bertz CT molecular complexity index is 1470. The zero-order valence-corrected chi connectivity index (χ0v) is 19.7. The minimum Gasteiger partial charge on any atom is -0.495 e. The lowest BCUT2D eigenvalue weighted by Crippen LogP contribution is -2.53. The molecule has 3 aliphatic rings. The van der Waals surface area contributed by atoms with Gasteiger partial charge in [0.1, 0.15) is 17.0 Å². The molecule has 0 saturated carbocycles. The number of benzene rings is 3. The molecule has 186 valence electrons. The molecule has 3 amide bonds. The lowest BCUT2D eigenvalue weighted by Gasteiger charge is -2.29. The van der Waals surface area contributed by atoms with E-state index in [2.05, 4.69) is 10.6 Å². The van der Waals surface area contributed by atoms with Crippen molar-refractivity contribution in [2.75, 3.05) is 17.3 Å². The summed E-state index contributed by atoms with van der Waals surface area (Å²) in [6.07, 6.45) is 0.401. The third-order valence-electron chi connectivity index (χ3n) is 7.54. The molecule has 4 atom stereocenters. The molecule has 0 unspecified atom stereocenters. The number of methoxy groups -OCH3 is 1. The summed E-state index contributed by atoms with van der Waals surface area (Å²) < 4.78 is 5.36. The Morgan fingerprint density at radius 1 is 1.00 bits per heavy atom. The number of nitro groups is 1. The third kappa shape index (κ3) is 3.19. The Morgan fingerprint density at radius 3 is 2.46 bits per heavy atom. The van der Waals surface area contributed by atoms with Gasteiger partial charge in [-0.2, -0.15) is 0 Å². The summed E-state index contributed by atoms with van der Waals surface area (Å²) in [5, 5.41) is 17.7. The van der Waals surface area contributed by atoms with Crippen LogP contribution in [-0.4, -0.2) is 35.8 Å². The second kappa shape index (κ2) is 8.24. The summed E-state index contributed by atoms with van der Waals surface area (Å²) in [5.74, 6) is -3.34. The summed E-state index contributed by atoms with van der Waals surface area (Å²) in [7, 11) is 1.36. The number of anilines is 2. The van der Waals surface area contributed by atoms with E-state index >= 15 is 0 Å². The highest BCUT2D eigenvalue weighted by atomic mass is 16.6. The Kier molecular flexibility index (Phi) is 5.09. The molecular formula is C27H22N4O6. The number of nitro benzene ring substituents is 1. The van der Waals surface area contributed by atoms with Gasteiger partial charge >= 0.3 is 0 Å². The van der Waals surface area contributed by atoms with Gasteiger partial charge in [-0.05, 0) is 24.1 Å². The molecule has 6 rings (SSSR count). The van der Waals surface area contributed by atoms with Crippen LogP contribution in [0.1, 0.15) is 11.1 Å². The molecule has 0 aliphatic carbocycles. The monoisotopic (exact) mass is 498 g/mol. The van der Waals surface area contributed by atoms with Crippen LogP contribution in [0.2, 0.25) is 0 Å². The summed E-state index contributed by atoms with van der Waals surface area (Å²) in [6, 6.07) is 19.8. The molecule has 3 aromatic carbocycles. The van der Waals surface area contributed by atoms with Crippen molar-refractivity contribution in [2.45, 2.75) is 18.0 Å². The third-order valence-corrected chi connectivity index (χ3v) is 7.54. The average Bonchev–Trinajstić information content (AvgIpc) is 3.48. The van der Waals surface area contributed by atoms with Crippen LogP contribution in [-0.2, 0) is 26.3 Å². The summed E-state index contributed by atoms with van der Waals surface area (Å²) >= 11 is 0. The molecule has 0 radical (unpaired) electrons. The van der Waals surface area contributed by atoms with Crippen LogP contribution < -0.4 is 20.3 Å². The van der Waals surface area contributed by atoms with Crippen LogP contribution in [0.15, 0.2) is 72.8 Å². The fourth-order valence-corrected chi connectivity index (χ4v) is 6.01. The minimum absolute atomic E-state index is 0.0126. The van der Waals surface area contributed by atoms with Gasteiger partial charge in [-0.3, -0.25) is 29.8 Å². The fourth-order valence-electron chi connectivity index (χ4n) is 6.01. The molecule has 0 aromatic heterocycles. The molecule has 3 heterocycles. The number of para-hydroxylation sites is 1. The maximum Gasteiger partial charge on any atom is 0.271 e. The predicted octanol–water partition coefficient (Wildman–Crippen LogP) is 2.77. The summed E-state index contributed by atoms with van der Waals surface area (Å²) in [5.41, 5.74) is 0.350. The van der Waals surface area contributed by atoms with E-state index in [0.29, 0.717) is 17.7 Å². The smallest absolute Gasteiger partial charge is 0.271 e. The van der Waals surface area contributed by atoms with E-state index in [1.807, 2.05) is 30.3 Å². The van der Waals surface area contributed by atoms with Gasteiger partial charge < -0.3 is 10.1 Å². The Labute approximate surface area is 211 Å². The van der Waals surface area contributed by atoms with E-state index in [1.165, 1.54) is 19.2 Å². The van der Waals surface area contributed by atoms with Crippen LogP contribution in [0, 0.1) is 22.0 Å². The quantitative estimate of drug-likeness (QED) is 0.314. The van der Waals surface area contributed by atoms with E-state index in [1.54, 1.807) is 24.3 Å². The number of carbonyl (C=O) groups excluding carboxylic acids is 3. The van der Waals surface area contributed by atoms with Crippen molar-refractivity contribution in [3.63, 3.8) is 0 Å². The normalized spacial score (nSPS) is 25.8. The van der Waals surface area contributed by atoms with Crippen LogP contribution in [0.25, 0.3) is 0 Å². The number of nitrogens with zero attached hydrogens (tertiary/aromatic N) is 2. The Morgan fingerprint density at radius 2 is 1.73 bits per heavy atom.